The summed E-state index contributed by atoms with van der Waals surface area (Å²) in [7, 11) is 0. The normalized spacial score (nSPS) is 10.6. The molecule has 20 heavy (non-hydrogen) atoms. The summed E-state index contributed by atoms with van der Waals surface area (Å²) in [6.45, 7) is 0.389. The number of amides is 1. The molecule has 0 fully saturated rings. The molecule has 6 nitrogen and oxygen atoms in total. The Hall–Kier alpha value is -2.89. The fourth-order valence-corrected chi connectivity index (χ4v) is 1.81. The van der Waals surface area contributed by atoms with Crippen molar-refractivity contribution in [1.29, 1.82) is 0 Å². The van der Waals surface area contributed by atoms with Gasteiger partial charge in [0.25, 0.3) is 5.91 Å². The third-order valence-electron chi connectivity index (χ3n) is 2.75. The molecular weight excluding hydrogens is 256 g/mol. The Morgan fingerprint density at radius 2 is 2.15 bits per heavy atom. The molecule has 0 atom stereocenters. The Balaban J connectivity index is 1.78. The fraction of sp³-hybridized carbons (Fsp3) is 0.0714. The molecular formula is C14H11N4O2. The number of primary amides is 1. The fourth-order valence-electron chi connectivity index (χ4n) is 1.81. The van der Waals surface area contributed by atoms with E-state index in [9.17, 15) is 4.79 Å². The molecule has 6 heteroatoms. The third-order valence-corrected chi connectivity index (χ3v) is 2.75. The molecule has 1 aromatic carbocycles. The maximum Gasteiger partial charge on any atom is 0.269 e. The van der Waals surface area contributed by atoms with Crippen molar-refractivity contribution in [2.75, 3.05) is 0 Å². The molecule has 1 amide bonds. The highest BCUT2D eigenvalue weighted by atomic mass is 16.5. The second-order valence-electron chi connectivity index (χ2n) is 4.23. The van der Waals surface area contributed by atoms with Gasteiger partial charge in [0.1, 0.15) is 5.69 Å². The van der Waals surface area contributed by atoms with Gasteiger partial charge in [-0.1, -0.05) is 35.5 Å². The van der Waals surface area contributed by atoms with Crippen molar-refractivity contribution in [2.45, 2.75) is 6.54 Å². The van der Waals surface area contributed by atoms with Crippen LogP contribution in [0.5, 0.6) is 0 Å². The highest BCUT2D eigenvalue weighted by Crippen LogP contribution is 2.19. The summed E-state index contributed by atoms with van der Waals surface area (Å²) in [4.78, 5) is 10.9. The van der Waals surface area contributed by atoms with Gasteiger partial charge in [-0.25, -0.2) is 0 Å². The molecule has 0 bridgehead atoms. The van der Waals surface area contributed by atoms with Crippen LogP contribution in [-0.2, 0) is 6.54 Å². The molecule has 1 radical (unpaired) electrons. The van der Waals surface area contributed by atoms with Crippen LogP contribution < -0.4 is 5.73 Å². The van der Waals surface area contributed by atoms with Crippen molar-refractivity contribution in [2.24, 2.45) is 5.73 Å². The van der Waals surface area contributed by atoms with Crippen molar-refractivity contribution >= 4 is 5.91 Å². The molecule has 3 rings (SSSR count). The van der Waals surface area contributed by atoms with Crippen LogP contribution in [0.4, 0.5) is 0 Å². The van der Waals surface area contributed by atoms with Crippen LogP contribution in [0.15, 0.2) is 47.1 Å². The minimum absolute atomic E-state index is 0.108. The van der Waals surface area contributed by atoms with Gasteiger partial charge in [-0.3, -0.25) is 9.48 Å². The molecule has 0 spiro atoms. The summed E-state index contributed by atoms with van der Waals surface area (Å²) in [6, 6.07) is 14.2. The van der Waals surface area contributed by atoms with Crippen LogP contribution in [-0.4, -0.2) is 20.8 Å². The molecule has 0 unspecified atom stereocenters. The lowest BCUT2D eigenvalue weighted by Gasteiger charge is -1.95. The minimum Gasteiger partial charge on any atom is -0.364 e. The molecule has 2 heterocycles. The number of aromatic nitrogens is 3. The molecule has 2 N–H and O–H groups in total. The van der Waals surface area contributed by atoms with Gasteiger partial charge >= 0.3 is 0 Å². The first-order valence-electron chi connectivity index (χ1n) is 5.98. The predicted octanol–water partition coefficient (Wildman–Crippen LogP) is 1.49. The van der Waals surface area contributed by atoms with Crippen LogP contribution >= 0.6 is 0 Å². The number of nitrogens with zero attached hydrogens (tertiary/aromatic N) is 3. The Morgan fingerprint density at radius 1 is 1.35 bits per heavy atom. The molecule has 0 saturated carbocycles. The topological polar surface area (TPSA) is 86.9 Å². The standard InChI is InChI=1S/C14H11N4O2/c15-14(19)12-6-7-18(16-12)9-11-8-13(20-17-11)10-4-2-1-3-5-10/h1-5,7-8H,9H2,(H2,15,19). The lowest BCUT2D eigenvalue weighted by atomic mass is 10.2. The van der Waals surface area contributed by atoms with E-state index < -0.39 is 5.91 Å². The van der Waals surface area contributed by atoms with Gasteiger partial charge in [0.05, 0.1) is 6.54 Å². The molecule has 3 aromatic rings. The maximum absolute atomic E-state index is 10.9. The Kier molecular flexibility index (Phi) is 3.04. The summed E-state index contributed by atoms with van der Waals surface area (Å²) in [5, 5.41) is 7.97. The molecule has 0 aliphatic heterocycles. The van der Waals surface area contributed by atoms with E-state index in [1.807, 2.05) is 36.4 Å². The summed E-state index contributed by atoms with van der Waals surface area (Å²) in [5.41, 5.74) is 6.89. The molecule has 0 aliphatic carbocycles. The lowest BCUT2D eigenvalue weighted by Crippen LogP contribution is -2.12. The zero-order chi connectivity index (χ0) is 13.9. The Bertz CT molecular complexity index is 730. The zero-order valence-electron chi connectivity index (χ0n) is 10.5. The number of rotatable bonds is 4. The van der Waals surface area contributed by atoms with Crippen molar-refractivity contribution in [3.8, 4) is 11.3 Å². The summed E-state index contributed by atoms with van der Waals surface area (Å²) < 4.78 is 6.82. The quantitative estimate of drug-likeness (QED) is 0.775. The zero-order valence-corrected chi connectivity index (χ0v) is 10.5. The van der Waals surface area contributed by atoms with Crippen LogP contribution in [0, 0.1) is 6.07 Å². The maximum atomic E-state index is 10.9. The first kappa shape index (κ1) is 12.2. The van der Waals surface area contributed by atoms with Crippen molar-refractivity contribution in [1.82, 2.24) is 14.9 Å². The van der Waals surface area contributed by atoms with E-state index >= 15 is 0 Å². The number of carbonyl (C=O) groups is 1. The third kappa shape index (κ3) is 2.44. The van der Waals surface area contributed by atoms with Crippen LogP contribution in [0.25, 0.3) is 11.3 Å². The van der Waals surface area contributed by atoms with E-state index in [2.05, 4.69) is 16.3 Å². The second kappa shape index (κ2) is 5.00. The van der Waals surface area contributed by atoms with Gasteiger partial charge in [-0.2, -0.15) is 5.10 Å². The van der Waals surface area contributed by atoms with Crippen LogP contribution in [0.1, 0.15) is 16.2 Å². The Labute approximate surface area is 114 Å². The summed E-state index contributed by atoms with van der Waals surface area (Å²) >= 11 is 0. The van der Waals surface area contributed by atoms with Gasteiger partial charge in [-0.15, -0.1) is 0 Å². The van der Waals surface area contributed by atoms with E-state index in [0.29, 0.717) is 18.0 Å². The molecule has 0 aliphatic rings. The largest absolute Gasteiger partial charge is 0.364 e. The lowest BCUT2D eigenvalue weighted by molar-refractivity contribution is 0.0994. The highest BCUT2D eigenvalue weighted by molar-refractivity contribution is 5.90. The minimum atomic E-state index is -0.603. The van der Waals surface area contributed by atoms with Crippen LogP contribution in [0.3, 0.4) is 0 Å². The second-order valence-corrected chi connectivity index (χ2v) is 4.23. The van der Waals surface area contributed by atoms with Crippen molar-refractivity contribution in [3.05, 3.63) is 60.0 Å². The van der Waals surface area contributed by atoms with Gasteiger partial charge in [0.15, 0.2) is 11.5 Å². The van der Waals surface area contributed by atoms with Crippen molar-refractivity contribution in [3.63, 3.8) is 0 Å². The molecule has 2 aromatic heterocycles. The Morgan fingerprint density at radius 3 is 2.85 bits per heavy atom. The SMILES string of the molecule is NC(=O)c1[c]cn(Cc2cc(-c3ccccc3)on2)n1. The summed E-state index contributed by atoms with van der Waals surface area (Å²) in [5.74, 6) is 0.0840. The monoisotopic (exact) mass is 267 g/mol. The van der Waals surface area contributed by atoms with Crippen molar-refractivity contribution < 1.29 is 9.32 Å². The van der Waals surface area contributed by atoms with E-state index in [-0.39, 0.29) is 5.69 Å². The average molecular weight is 267 g/mol. The highest BCUT2D eigenvalue weighted by Gasteiger charge is 2.09. The van der Waals surface area contributed by atoms with Crippen LogP contribution in [0.2, 0.25) is 0 Å². The van der Waals surface area contributed by atoms with Gasteiger partial charge < -0.3 is 10.3 Å². The first-order valence-corrected chi connectivity index (χ1v) is 5.98. The van der Waals surface area contributed by atoms with E-state index in [0.717, 1.165) is 5.56 Å². The van der Waals surface area contributed by atoms with Gasteiger partial charge in [-0.05, 0) is 0 Å². The number of hydrogen-bond donors (Lipinski definition) is 1. The van der Waals surface area contributed by atoms with E-state index in [1.165, 1.54) is 4.68 Å². The van der Waals surface area contributed by atoms with Gasteiger partial charge in [0.2, 0.25) is 0 Å². The first-order chi connectivity index (χ1) is 9.72. The molecule has 99 valence electrons. The summed E-state index contributed by atoms with van der Waals surface area (Å²) in [6.07, 6.45) is 1.55. The van der Waals surface area contributed by atoms with Gasteiger partial charge in [0, 0.05) is 23.9 Å². The number of hydrogen-bond acceptors (Lipinski definition) is 4. The van der Waals surface area contributed by atoms with E-state index in [4.69, 9.17) is 10.3 Å². The average Bonchev–Trinajstić information content (AvgIpc) is 3.10. The van der Waals surface area contributed by atoms with E-state index in [1.54, 1.807) is 6.20 Å². The molecule has 0 saturated heterocycles. The number of benzene rings is 1. The smallest absolute Gasteiger partial charge is 0.269 e. The number of carbonyl (C=O) groups excluding carboxylic acids is 1. The predicted molar refractivity (Wildman–Crippen MR) is 70.6 cm³/mol. The number of nitrogens with two attached hydrogens (primary N) is 1.